The van der Waals surface area contributed by atoms with Crippen molar-refractivity contribution in [3.8, 4) is 0 Å². The van der Waals surface area contributed by atoms with E-state index in [1.807, 2.05) is 12.3 Å². The van der Waals surface area contributed by atoms with Gasteiger partial charge in [0.05, 0.1) is 3.92 Å². The summed E-state index contributed by atoms with van der Waals surface area (Å²) in [5, 5.41) is 0. The number of aromatic nitrogens is 1. The molecule has 0 aliphatic heterocycles. The number of ketones is 1. The Bertz CT molecular complexity index is 292. The van der Waals surface area contributed by atoms with E-state index in [1.54, 1.807) is 0 Å². The Morgan fingerprint density at radius 2 is 2.45 bits per heavy atom. The molecular formula is C8H8INO. The standard InChI is InChI=1S/C8H8INO/c9-6-1-2-7-5(8(6)11)3-4-10-7/h3-4,6,10H,1-2H2. The van der Waals surface area contributed by atoms with Gasteiger partial charge < -0.3 is 4.98 Å². The molecule has 0 fully saturated rings. The smallest absolute Gasteiger partial charge is 0.177 e. The average Bonchev–Trinajstić information content (AvgIpc) is 2.45. The number of carbonyl (C=O) groups excluding carboxylic acids is 1. The van der Waals surface area contributed by atoms with Crippen molar-refractivity contribution >= 4 is 28.4 Å². The summed E-state index contributed by atoms with van der Waals surface area (Å²) in [6, 6.07) is 1.88. The Morgan fingerprint density at radius 3 is 3.27 bits per heavy atom. The predicted molar refractivity (Wildman–Crippen MR) is 51.3 cm³/mol. The molecule has 0 spiro atoms. The highest BCUT2D eigenvalue weighted by molar-refractivity contribution is 14.1. The SMILES string of the molecule is O=C1c2cc[nH]c2CCC1I. The summed E-state index contributed by atoms with van der Waals surface area (Å²) in [7, 11) is 0. The first-order valence-corrected chi connectivity index (χ1v) is 4.88. The number of alkyl halides is 1. The Kier molecular flexibility index (Phi) is 1.75. The van der Waals surface area contributed by atoms with Crippen LogP contribution in [0.15, 0.2) is 12.3 Å². The number of carbonyl (C=O) groups is 1. The highest BCUT2D eigenvalue weighted by atomic mass is 127. The molecule has 2 nitrogen and oxygen atoms in total. The molecule has 58 valence electrons. The Labute approximate surface area is 78.5 Å². The first-order valence-electron chi connectivity index (χ1n) is 3.63. The van der Waals surface area contributed by atoms with Crippen LogP contribution in [0.2, 0.25) is 0 Å². The second-order valence-corrected chi connectivity index (χ2v) is 4.24. The van der Waals surface area contributed by atoms with Crippen LogP contribution in [0.3, 0.4) is 0 Å². The quantitative estimate of drug-likeness (QED) is 0.562. The van der Waals surface area contributed by atoms with E-state index in [9.17, 15) is 4.79 Å². The maximum Gasteiger partial charge on any atom is 0.177 e. The molecule has 1 N–H and O–H groups in total. The van der Waals surface area contributed by atoms with Crippen molar-refractivity contribution in [2.45, 2.75) is 16.8 Å². The molecule has 11 heavy (non-hydrogen) atoms. The fourth-order valence-electron chi connectivity index (χ4n) is 1.41. The van der Waals surface area contributed by atoms with Crippen LogP contribution in [0.25, 0.3) is 0 Å². The van der Waals surface area contributed by atoms with E-state index < -0.39 is 0 Å². The molecule has 0 amide bonds. The number of rotatable bonds is 0. The van der Waals surface area contributed by atoms with E-state index in [2.05, 4.69) is 27.6 Å². The first kappa shape index (κ1) is 7.34. The Morgan fingerprint density at radius 1 is 1.64 bits per heavy atom. The van der Waals surface area contributed by atoms with Gasteiger partial charge in [-0.05, 0) is 18.9 Å². The molecule has 2 rings (SSSR count). The molecule has 1 heterocycles. The zero-order valence-electron chi connectivity index (χ0n) is 5.93. The largest absolute Gasteiger partial charge is 0.364 e. The minimum absolute atomic E-state index is 0.191. The molecule has 0 saturated heterocycles. The van der Waals surface area contributed by atoms with E-state index in [4.69, 9.17) is 0 Å². The third-order valence-corrected chi connectivity index (χ3v) is 3.22. The van der Waals surface area contributed by atoms with Crippen molar-refractivity contribution in [1.29, 1.82) is 0 Å². The number of Topliss-reactive ketones (excluding diaryl/α,β-unsaturated/α-hetero) is 1. The summed E-state index contributed by atoms with van der Waals surface area (Å²) < 4.78 is 0.191. The second kappa shape index (κ2) is 2.62. The van der Waals surface area contributed by atoms with Gasteiger partial charge >= 0.3 is 0 Å². The molecule has 0 saturated carbocycles. The third kappa shape index (κ3) is 1.11. The molecule has 3 heteroatoms. The van der Waals surface area contributed by atoms with Crippen LogP contribution in [-0.4, -0.2) is 14.7 Å². The number of halogens is 1. The van der Waals surface area contributed by atoms with Gasteiger partial charge in [0.2, 0.25) is 0 Å². The van der Waals surface area contributed by atoms with Gasteiger partial charge in [-0.1, -0.05) is 22.6 Å². The molecule has 0 radical (unpaired) electrons. The molecule has 1 aromatic heterocycles. The van der Waals surface area contributed by atoms with Gasteiger partial charge in [-0.2, -0.15) is 0 Å². The predicted octanol–water partition coefficient (Wildman–Crippen LogP) is 1.95. The Balaban J connectivity index is 2.46. The van der Waals surface area contributed by atoms with Gasteiger partial charge in [0, 0.05) is 17.5 Å². The van der Waals surface area contributed by atoms with Crippen molar-refractivity contribution in [3.05, 3.63) is 23.5 Å². The van der Waals surface area contributed by atoms with Crippen LogP contribution in [0.4, 0.5) is 0 Å². The lowest BCUT2D eigenvalue weighted by Gasteiger charge is -2.14. The second-order valence-electron chi connectivity index (χ2n) is 2.74. The summed E-state index contributed by atoms with van der Waals surface area (Å²) in [6.07, 6.45) is 3.84. The Hall–Kier alpha value is -0.320. The number of hydrogen-bond donors (Lipinski definition) is 1. The zero-order chi connectivity index (χ0) is 7.84. The topological polar surface area (TPSA) is 32.9 Å². The van der Waals surface area contributed by atoms with Crippen molar-refractivity contribution < 1.29 is 4.79 Å². The zero-order valence-corrected chi connectivity index (χ0v) is 8.09. The van der Waals surface area contributed by atoms with Crippen molar-refractivity contribution in [2.75, 3.05) is 0 Å². The minimum Gasteiger partial charge on any atom is -0.364 e. The van der Waals surface area contributed by atoms with Crippen molar-refractivity contribution in [1.82, 2.24) is 4.98 Å². The van der Waals surface area contributed by atoms with Gasteiger partial charge in [0.15, 0.2) is 5.78 Å². The number of aryl methyl sites for hydroxylation is 1. The molecule has 1 aliphatic carbocycles. The molecule has 1 aliphatic rings. The monoisotopic (exact) mass is 261 g/mol. The van der Waals surface area contributed by atoms with Gasteiger partial charge in [0.1, 0.15) is 0 Å². The summed E-state index contributed by atoms with van der Waals surface area (Å²) in [5.41, 5.74) is 2.01. The van der Waals surface area contributed by atoms with Crippen molar-refractivity contribution in [3.63, 3.8) is 0 Å². The summed E-state index contributed by atoms with van der Waals surface area (Å²) in [6.45, 7) is 0. The van der Waals surface area contributed by atoms with Gasteiger partial charge in [0.25, 0.3) is 0 Å². The van der Waals surface area contributed by atoms with E-state index in [0.29, 0.717) is 0 Å². The maximum atomic E-state index is 11.5. The highest BCUT2D eigenvalue weighted by Crippen LogP contribution is 2.24. The number of fused-ring (bicyclic) bond motifs is 1. The van der Waals surface area contributed by atoms with Crippen LogP contribution < -0.4 is 0 Å². The molecule has 1 unspecified atom stereocenters. The molecule has 1 aromatic rings. The first-order chi connectivity index (χ1) is 5.29. The summed E-state index contributed by atoms with van der Waals surface area (Å²) in [4.78, 5) is 14.5. The van der Waals surface area contributed by atoms with Gasteiger partial charge in [-0.3, -0.25) is 4.79 Å². The van der Waals surface area contributed by atoms with E-state index in [0.717, 1.165) is 24.1 Å². The number of aromatic amines is 1. The van der Waals surface area contributed by atoms with Gasteiger partial charge in [-0.25, -0.2) is 0 Å². The van der Waals surface area contributed by atoms with Crippen LogP contribution in [0.1, 0.15) is 22.5 Å². The summed E-state index contributed by atoms with van der Waals surface area (Å²) >= 11 is 2.21. The fourth-order valence-corrected chi connectivity index (χ4v) is 2.06. The number of hydrogen-bond acceptors (Lipinski definition) is 1. The molecule has 0 aromatic carbocycles. The number of nitrogens with one attached hydrogen (secondary N) is 1. The number of H-pyrrole nitrogens is 1. The summed E-state index contributed by atoms with van der Waals surface area (Å²) in [5.74, 6) is 0.285. The lowest BCUT2D eigenvalue weighted by molar-refractivity contribution is 0.0984. The van der Waals surface area contributed by atoms with Crippen LogP contribution >= 0.6 is 22.6 Å². The van der Waals surface area contributed by atoms with E-state index in [1.165, 1.54) is 0 Å². The lowest BCUT2D eigenvalue weighted by atomic mass is 9.97. The lowest BCUT2D eigenvalue weighted by Crippen LogP contribution is -2.21. The van der Waals surface area contributed by atoms with Crippen LogP contribution in [0.5, 0.6) is 0 Å². The van der Waals surface area contributed by atoms with E-state index in [-0.39, 0.29) is 9.71 Å². The van der Waals surface area contributed by atoms with Crippen molar-refractivity contribution in [2.24, 2.45) is 0 Å². The van der Waals surface area contributed by atoms with Crippen LogP contribution in [0, 0.1) is 0 Å². The fraction of sp³-hybridized carbons (Fsp3) is 0.375. The minimum atomic E-state index is 0.191. The highest BCUT2D eigenvalue weighted by Gasteiger charge is 2.25. The van der Waals surface area contributed by atoms with Crippen LogP contribution in [-0.2, 0) is 6.42 Å². The molecular weight excluding hydrogens is 253 g/mol. The molecule has 1 atom stereocenters. The van der Waals surface area contributed by atoms with E-state index >= 15 is 0 Å². The maximum absolute atomic E-state index is 11.5. The molecule has 0 bridgehead atoms. The van der Waals surface area contributed by atoms with Gasteiger partial charge in [-0.15, -0.1) is 0 Å². The normalized spacial score (nSPS) is 23.4. The third-order valence-electron chi connectivity index (χ3n) is 2.03. The average molecular weight is 261 g/mol.